The molecule has 0 aliphatic carbocycles. The van der Waals surface area contributed by atoms with Gasteiger partial charge in [-0.1, -0.05) is 23.7 Å². The molecule has 0 saturated heterocycles. The maximum Gasteiger partial charge on any atom is 0.189 e. The molecule has 19 heavy (non-hydrogen) atoms. The number of nitrogens with one attached hydrogen (secondary N) is 1. The van der Waals surface area contributed by atoms with Crippen LogP contribution in [-0.2, 0) is 16.4 Å². The normalized spacial score (nSPS) is 12.2. The van der Waals surface area contributed by atoms with Gasteiger partial charge in [-0.2, -0.15) is 0 Å². The molecule has 1 rings (SSSR count). The largest absolute Gasteiger partial charge is 0.370 e. The molecule has 5 nitrogen and oxygen atoms in total. The first-order chi connectivity index (χ1) is 8.84. The van der Waals surface area contributed by atoms with E-state index in [1.54, 1.807) is 18.2 Å². The molecule has 0 atom stereocenters. The monoisotopic (exact) mass is 301 g/mol. The maximum atomic E-state index is 11.4. The number of guanidine groups is 1. The Kier molecular flexibility index (Phi) is 5.38. The number of sulfone groups is 1. The highest BCUT2D eigenvalue weighted by Gasteiger charge is 2.12. The Morgan fingerprint density at radius 3 is 2.79 bits per heavy atom. The molecule has 1 aromatic carbocycles. The molecule has 0 saturated carbocycles. The Morgan fingerprint density at radius 2 is 2.26 bits per heavy atom. The van der Waals surface area contributed by atoms with Gasteiger partial charge < -0.3 is 11.1 Å². The summed E-state index contributed by atoms with van der Waals surface area (Å²) >= 11 is 5.93. The van der Waals surface area contributed by atoms with Crippen molar-refractivity contribution >= 4 is 27.4 Å². The molecule has 0 aromatic heterocycles. The van der Waals surface area contributed by atoms with Crippen LogP contribution in [0.4, 0.5) is 0 Å². The van der Waals surface area contributed by atoms with Crippen molar-refractivity contribution < 1.29 is 8.42 Å². The molecule has 0 unspecified atom stereocenters. The predicted octanol–water partition coefficient (Wildman–Crippen LogP) is 1.33. The van der Waals surface area contributed by atoms with Crippen molar-refractivity contribution in [3.8, 4) is 0 Å². The van der Waals surface area contributed by atoms with Gasteiger partial charge in [0.1, 0.15) is 0 Å². The summed E-state index contributed by atoms with van der Waals surface area (Å²) in [7, 11) is -3.31. The number of aliphatic imine (C=N–C) groups is 1. The van der Waals surface area contributed by atoms with E-state index in [-0.39, 0.29) is 9.92 Å². The summed E-state index contributed by atoms with van der Waals surface area (Å²) in [5.41, 5.74) is 6.39. The van der Waals surface area contributed by atoms with Crippen LogP contribution in [0.15, 0.2) is 40.7 Å². The van der Waals surface area contributed by atoms with Crippen LogP contribution in [0.5, 0.6) is 0 Å². The Balaban J connectivity index is 2.82. The molecule has 0 fully saturated rings. The molecule has 0 aliphatic heterocycles. The Labute approximate surface area is 118 Å². The lowest BCUT2D eigenvalue weighted by Crippen LogP contribution is -2.31. The van der Waals surface area contributed by atoms with Crippen LogP contribution >= 0.6 is 11.6 Å². The van der Waals surface area contributed by atoms with Gasteiger partial charge in [0.05, 0.1) is 16.5 Å². The predicted molar refractivity (Wildman–Crippen MR) is 78.1 cm³/mol. The zero-order valence-corrected chi connectivity index (χ0v) is 12.1. The van der Waals surface area contributed by atoms with Crippen molar-refractivity contribution in [2.24, 2.45) is 10.7 Å². The number of benzene rings is 1. The van der Waals surface area contributed by atoms with E-state index in [9.17, 15) is 8.42 Å². The first-order valence-electron chi connectivity index (χ1n) is 5.47. The maximum absolute atomic E-state index is 11.4. The number of hydrogen-bond donors (Lipinski definition) is 2. The molecule has 7 heteroatoms. The van der Waals surface area contributed by atoms with Crippen molar-refractivity contribution in [1.82, 2.24) is 5.32 Å². The summed E-state index contributed by atoms with van der Waals surface area (Å²) in [4.78, 5) is 4.20. The average Bonchev–Trinajstić information content (AvgIpc) is 2.32. The van der Waals surface area contributed by atoms with Gasteiger partial charge >= 0.3 is 0 Å². The lowest BCUT2D eigenvalue weighted by molar-refractivity contribution is 0.602. The highest BCUT2D eigenvalue weighted by Crippen LogP contribution is 2.22. The molecule has 0 radical (unpaired) electrons. The zero-order valence-electron chi connectivity index (χ0n) is 10.6. The first-order valence-corrected chi connectivity index (χ1v) is 7.74. The number of nitrogens with zero attached hydrogens (tertiary/aromatic N) is 1. The van der Waals surface area contributed by atoms with E-state index in [1.165, 1.54) is 6.07 Å². The van der Waals surface area contributed by atoms with Crippen LogP contribution in [0.25, 0.3) is 0 Å². The SMILES string of the molecule is C=CCNC(N)=NCc1ccc(S(C)(=O)=O)c(Cl)c1. The van der Waals surface area contributed by atoms with Gasteiger partial charge in [-0.05, 0) is 17.7 Å². The van der Waals surface area contributed by atoms with Gasteiger partial charge in [-0.3, -0.25) is 0 Å². The van der Waals surface area contributed by atoms with E-state index < -0.39 is 9.84 Å². The Bertz CT molecular complexity index is 597. The van der Waals surface area contributed by atoms with Gasteiger partial charge in [0.25, 0.3) is 0 Å². The summed E-state index contributed by atoms with van der Waals surface area (Å²) in [5, 5.41) is 3.02. The number of halogens is 1. The lowest BCUT2D eigenvalue weighted by atomic mass is 10.2. The van der Waals surface area contributed by atoms with Crippen molar-refractivity contribution in [3.05, 3.63) is 41.4 Å². The minimum Gasteiger partial charge on any atom is -0.370 e. The molecule has 0 spiro atoms. The molecule has 1 aromatic rings. The van der Waals surface area contributed by atoms with E-state index in [2.05, 4.69) is 16.9 Å². The van der Waals surface area contributed by atoms with Crippen molar-refractivity contribution in [2.45, 2.75) is 11.4 Å². The molecule has 0 heterocycles. The van der Waals surface area contributed by atoms with Crippen LogP contribution in [0.3, 0.4) is 0 Å². The van der Waals surface area contributed by atoms with Crippen molar-refractivity contribution in [3.63, 3.8) is 0 Å². The summed E-state index contributed by atoms with van der Waals surface area (Å²) < 4.78 is 22.8. The van der Waals surface area contributed by atoms with Gasteiger partial charge in [0, 0.05) is 12.8 Å². The van der Waals surface area contributed by atoms with Crippen molar-refractivity contribution in [1.29, 1.82) is 0 Å². The topological polar surface area (TPSA) is 84.5 Å². The summed E-state index contributed by atoms with van der Waals surface area (Å²) in [6, 6.07) is 4.70. The Morgan fingerprint density at radius 1 is 1.58 bits per heavy atom. The fraction of sp³-hybridized carbons (Fsp3) is 0.250. The smallest absolute Gasteiger partial charge is 0.189 e. The third kappa shape index (κ3) is 4.92. The fourth-order valence-corrected chi connectivity index (χ4v) is 2.70. The highest BCUT2D eigenvalue weighted by molar-refractivity contribution is 7.90. The fourth-order valence-electron chi connectivity index (χ4n) is 1.35. The summed E-state index contributed by atoms with van der Waals surface area (Å²) in [5.74, 6) is 0.295. The van der Waals surface area contributed by atoms with E-state index in [4.69, 9.17) is 17.3 Å². The second kappa shape index (κ2) is 6.58. The van der Waals surface area contributed by atoms with E-state index in [0.29, 0.717) is 19.0 Å². The van der Waals surface area contributed by atoms with E-state index >= 15 is 0 Å². The van der Waals surface area contributed by atoms with Crippen LogP contribution in [0, 0.1) is 0 Å². The molecule has 3 N–H and O–H groups in total. The third-order valence-corrected chi connectivity index (χ3v) is 3.83. The zero-order chi connectivity index (χ0) is 14.5. The minimum absolute atomic E-state index is 0.111. The lowest BCUT2D eigenvalue weighted by Gasteiger charge is -2.05. The van der Waals surface area contributed by atoms with Gasteiger partial charge in [0.2, 0.25) is 0 Å². The van der Waals surface area contributed by atoms with Gasteiger partial charge in [0.15, 0.2) is 15.8 Å². The number of rotatable bonds is 5. The van der Waals surface area contributed by atoms with E-state index in [1.807, 2.05) is 0 Å². The molecule has 0 amide bonds. The van der Waals surface area contributed by atoms with E-state index in [0.717, 1.165) is 11.8 Å². The van der Waals surface area contributed by atoms with Gasteiger partial charge in [-0.25, -0.2) is 13.4 Å². The second-order valence-corrected chi connectivity index (χ2v) is 6.30. The minimum atomic E-state index is -3.31. The van der Waals surface area contributed by atoms with Gasteiger partial charge in [-0.15, -0.1) is 6.58 Å². The molecule has 0 bridgehead atoms. The molecular weight excluding hydrogens is 286 g/mol. The number of hydrogen-bond acceptors (Lipinski definition) is 3. The number of nitrogens with two attached hydrogens (primary N) is 1. The van der Waals surface area contributed by atoms with Crippen LogP contribution in [0.1, 0.15) is 5.56 Å². The van der Waals surface area contributed by atoms with Crippen molar-refractivity contribution in [2.75, 3.05) is 12.8 Å². The standard InChI is InChI=1S/C12H16ClN3O2S/c1-3-6-15-12(14)16-8-9-4-5-11(10(13)7-9)19(2,17)18/h3-5,7H,1,6,8H2,2H3,(H3,14,15,16). The molecule has 0 aliphatic rings. The first kappa shape index (κ1) is 15.5. The molecular formula is C12H16ClN3O2S. The van der Waals surface area contributed by atoms with Crippen LogP contribution < -0.4 is 11.1 Å². The third-order valence-electron chi connectivity index (χ3n) is 2.26. The summed E-state index contributed by atoms with van der Waals surface area (Å²) in [6.45, 7) is 4.40. The van der Waals surface area contributed by atoms with Crippen LogP contribution in [0.2, 0.25) is 5.02 Å². The average molecular weight is 302 g/mol. The quantitative estimate of drug-likeness (QED) is 0.488. The van der Waals surface area contributed by atoms with Crippen LogP contribution in [-0.4, -0.2) is 27.2 Å². The second-order valence-electron chi connectivity index (χ2n) is 3.91. The highest BCUT2D eigenvalue weighted by atomic mass is 35.5. The summed E-state index contributed by atoms with van der Waals surface area (Å²) in [6.07, 6.45) is 2.78. The Hall–Kier alpha value is -1.53. The molecule has 104 valence electrons.